The molecule has 0 aliphatic carbocycles. The normalized spacial score (nSPS) is 13.0. The highest BCUT2D eigenvalue weighted by Crippen LogP contribution is 2.13. The summed E-state index contributed by atoms with van der Waals surface area (Å²) in [6.07, 6.45) is 35.0. The van der Waals surface area contributed by atoms with E-state index in [1.807, 2.05) is 6.08 Å². The van der Waals surface area contributed by atoms with Gasteiger partial charge in [-0.05, 0) is 51.4 Å². The Balaban J connectivity index is 3.27. The van der Waals surface area contributed by atoms with Gasteiger partial charge in [-0.1, -0.05) is 115 Å². The molecule has 1 unspecified atom stereocenters. The van der Waals surface area contributed by atoms with E-state index in [0.717, 1.165) is 38.5 Å². The van der Waals surface area contributed by atoms with Gasteiger partial charge >= 0.3 is 0 Å². The summed E-state index contributed by atoms with van der Waals surface area (Å²) >= 11 is 0. The van der Waals surface area contributed by atoms with Gasteiger partial charge in [0.15, 0.2) is 0 Å². The molecule has 2 N–H and O–H groups in total. The second-order valence-corrected chi connectivity index (χ2v) is 9.00. The van der Waals surface area contributed by atoms with Crippen molar-refractivity contribution in [3.63, 3.8) is 0 Å². The Morgan fingerprint density at radius 1 is 0.533 bits per heavy atom. The second kappa shape index (κ2) is 26.4. The minimum atomic E-state index is -0.241. The highest BCUT2D eigenvalue weighted by Gasteiger charge is 1.99. The molecule has 0 heterocycles. The van der Waals surface area contributed by atoms with Crippen molar-refractivity contribution in [2.45, 2.75) is 148 Å². The van der Waals surface area contributed by atoms with Gasteiger partial charge in [-0.25, -0.2) is 0 Å². The van der Waals surface area contributed by atoms with Crippen molar-refractivity contribution in [2.75, 3.05) is 6.61 Å². The smallest absolute Gasteiger partial charge is 0.0720 e. The van der Waals surface area contributed by atoms with Gasteiger partial charge in [0.1, 0.15) is 0 Å². The van der Waals surface area contributed by atoms with Gasteiger partial charge in [0.05, 0.1) is 6.10 Å². The van der Waals surface area contributed by atoms with Crippen LogP contribution >= 0.6 is 0 Å². The number of aliphatic hydroxyl groups is 2. The molecule has 2 nitrogen and oxygen atoms in total. The van der Waals surface area contributed by atoms with Crippen molar-refractivity contribution in [3.05, 3.63) is 24.3 Å². The molecular weight excluding hydrogens is 368 g/mol. The van der Waals surface area contributed by atoms with Crippen LogP contribution in [-0.2, 0) is 0 Å². The lowest BCUT2D eigenvalue weighted by molar-refractivity contribution is 0.207. The van der Waals surface area contributed by atoms with Crippen LogP contribution in [0.25, 0.3) is 0 Å². The van der Waals surface area contributed by atoms with E-state index in [1.165, 1.54) is 96.3 Å². The van der Waals surface area contributed by atoms with Crippen LogP contribution in [0.15, 0.2) is 24.3 Å². The van der Waals surface area contributed by atoms with Gasteiger partial charge < -0.3 is 10.2 Å². The quantitative estimate of drug-likeness (QED) is 0.121. The van der Waals surface area contributed by atoms with Crippen LogP contribution in [0.1, 0.15) is 142 Å². The fourth-order valence-corrected chi connectivity index (χ4v) is 3.85. The monoisotopic (exact) mass is 422 g/mol. The Morgan fingerprint density at radius 2 is 0.967 bits per heavy atom. The highest BCUT2D eigenvalue weighted by atomic mass is 16.3. The minimum absolute atomic E-state index is 0.241. The first-order valence-corrected chi connectivity index (χ1v) is 13.4. The van der Waals surface area contributed by atoms with Gasteiger partial charge in [-0.15, -0.1) is 0 Å². The summed E-state index contributed by atoms with van der Waals surface area (Å²) in [6, 6.07) is 0. The second-order valence-electron chi connectivity index (χ2n) is 9.00. The van der Waals surface area contributed by atoms with E-state index >= 15 is 0 Å². The Morgan fingerprint density at radius 3 is 1.50 bits per heavy atom. The number of allylic oxidation sites excluding steroid dienone is 3. The number of hydrogen-bond acceptors (Lipinski definition) is 2. The maximum absolute atomic E-state index is 10.1. The van der Waals surface area contributed by atoms with Crippen LogP contribution in [0.4, 0.5) is 0 Å². The van der Waals surface area contributed by atoms with Crippen molar-refractivity contribution in [3.8, 4) is 0 Å². The zero-order valence-corrected chi connectivity index (χ0v) is 20.3. The predicted octanol–water partition coefficient (Wildman–Crippen LogP) is 8.66. The third-order valence-corrected chi connectivity index (χ3v) is 5.90. The Bertz CT molecular complexity index is 362. The molecule has 0 aliphatic heterocycles. The lowest BCUT2D eigenvalue weighted by Gasteiger charge is -2.05. The third kappa shape index (κ3) is 25.4. The Hall–Kier alpha value is -0.600. The molecule has 178 valence electrons. The lowest BCUT2D eigenvalue weighted by Crippen LogP contribution is -2.01. The Labute approximate surface area is 189 Å². The molecule has 0 saturated carbocycles. The van der Waals surface area contributed by atoms with Gasteiger partial charge in [0.2, 0.25) is 0 Å². The predicted molar refractivity (Wildman–Crippen MR) is 134 cm³/mol. The summed E-state index contributed by atoms with van der Waals surface area (Å²) in [6.45, 7) is 2.60. The van der Waals surface area contributed by atoms with Crippen molar-refractivity contribution in [2.24, 2.45) is 0 Å². The SMILES string of the molecule is CCCCCCCCCCCCC=CC(O)CCCCCCC/C=C\CCCCO. The van der Waals surface area contributed by atoms with E-state index in [1.54, 1.807) is 0 Å². The van der Waals surface area contributed by atoms with Crippen LogP contribution in [0, 0.1) is 0 Å². The third-order valence-electron chi connectivity index (χ3n) is 5.90. The van der Waals surface area contributed by atoms with E-state index < -0.39 is 0 Å². The average Bonchev–Trinajstić information content (AvgIpc) is 2.75. The van der Waals surface area contributed by atoms with Gasteiger partial charge in [-0.2, -0.15) is 0 Å². The largest absolute Gasteiger partial charge is 0.396 e. The number of aliphatic hydroxyl groups excluding tert-OH is 2. The summed E-state index contributed by atoms with van der Waals surface area (Å²) < 4.78 is 0. The summed E-state index contributed by atoms with van der Waals surface area (Å²) in [7, 11) is 0. The molecule has 0 rings (SSSR count). The molecule has 1 atom stereocenters. The minimum Gasteiger partial charge on any atom is -0.396 e. The standard InChI is InChI=1S/C28H54O2/c1-2-3-4-5-6-7-8-10-13-16-19-22-25-28(30)26-23-20-17-14-11-9-12-15-18-21-24-27-29/h12,15,22,25,28-30H,2-11,13-14,16-21,23-24,26-27H2,1H3/b15-12-,25-22?. The van der Waals surface area contributed by atoms with Crippen molar-refractivity contribution < 1.29 is 10.2 Å². The Kier molecular flexibility index (Phi) is 25.9. The van der Waals surface area contributed by atoms with Crippen molar-refractivity contribution >= 4 is 0 Å². The maximum Gasteiger partial charge on any atom is 0.0720 e. The maximum atomic E-state index is 10.1. The van der Waals surface area contributed by atoms with Crippen molar-refractivity contribution in [1.29, 1.82) is 0 Å². The molecule has 0 aromatic carbocycles. The van der Waals surface area contributed by atoms with Crippen LogP contribution in [-0.4, -0.2) is 22.9 Å². The summed E-state index contributed by atoms with van der Waals surface area (Å²) in [5, 5.41) is 18.8. The van der Waals surface area contributed by atoms with Crippen LogP contribution in [0.3, 0.4) is 0 Å². The van der Waals surface area contributed by atoms with Crippen LogP contribution < -0.4 is 0 Å². The average molecular weight is 423 g/mol. The molecule has 2 heteroatoms. The van der Waals surface area contributed by atoms with Gasteiger partial charge in [0, 0.05) is 6.61 Å². The summed E-state index contributed by atoms with van der Waals surface area (Å²) in [4.78, 5) is 0. The van der Waals surface area contributed by atoms with E-state index in [4.69, 9.17) is 5.11 Å². The summed E-state index contributed by atoms with van der Waals surface area (Å²) in [5.41, 5.74) is 0. The molecule has 0 aromatic heterocycles. The van der Waals surface area contributed by atoms with E-state index in [0.29, 0.717) is 6.61 Å². The van der Waals surface area contributed by atoms with Crippen LogP contribution in [0.2, 0.25) is 0 Å². The zero-order chi connectivity index (χ0) is 22.0. The molecule has 0 amide bonds. The van der Waals surface area contributed by atoms with Gasteiger partial charge in [-0.3, -0.25) is 0 Å². The molecule has 30 heavy (non-hydrogen) atoms. The van der Waals surface area contributed by atoms with Gasteiger partial charge in [0.25, 0.3) is 0 Å². The fraction of sp³-hybridized carbons (Fsp3) is 0.857. The number of rotatable bonds is 24. The zero-order valence-electron chi connectivity index (χ0n) is 20.3. The molecule has 0 radical (unpaired) electrons. The molecular formula is C28H54O2. The first-order chi connectivity index (χ1) is 14.8. The molecule has 0 bridgehead atoms. The van der Waals surface area contributed by atoms with E-state index in [-0.39, 0.29) is 6.10 Å². The lowest BCUT2D eigenvalue weighted by atomic mass is 10.0. The number of unbranched alkanes of at least 4 members (excludes halogenated alkanes) is 17. The molecule has 0 aromatic rings. The first kappa shape index (κ1) is 29.4. The molecule has 0 fully saturated rings. The van der Waals surface area contributed by atoms with Crippen LogP contribution in [0.5, 0.6) is 0 Å². The highest BCUT2D eigenvalue weighted by molar-refractivity contribution is 4.88. The van der Waals surface area contributed by atoms with E-state index in [9.17, 15) is 5.11 Å². The molecule has 0 saturated heterocycles. The number of hydrogen-bond donors (Lipinski definition) is 2. The molecule has 0 aliphatic rings. The fourth-order valence-electron chi connectivity index (χ4n) is 3.85. The van der Waals surface area contributed by atoms with Crippen molar-refractivity contribution in [1.82, 2.24) is 0 Å². The first-order valence-electron chi connectivity index (χ1n) is 13.4. The summed E-state index contributed by atoms with van der Waals surface area (Å²) in [5.74, 6) is 0. The molecule has 0 spiro atoms. The topological polar surface area (TPSA) is 40.5 Å². The van der Waals surface area contributed by atoms with E-state index in [2.05, 4.69) is 25.2 Å².